The molecular weight excluding hydrogens is 437 g/mol. The quantitative estimate of drug-likeness (QED) is 0.419. The number of ether oxygens (including phenoxy) is 1. The maximum absolute atomic E-state index is 5.38. The van der Waals surface area contributed by atoms with Crippen LogP contribution < -0.4 is 29.6 Å². The molecule has 0 bridgehead atoms. The van der Waals surface area contributed by atoms with Crippen LogP contribution in [-0.4, -0.2) is 7.11 Å². The van der Waals surface area contributed by atoms with Crippen LogP contribution in [-0.2, 0) is 21.7 Å². The van der Waals surface area contributed by atoms with Gasteiger partial charge in [0.25, 0.3) is 0 Å². The van der Waals surface area contributed by atoms with Crippen molar-refractivity contribution in [3.8, 4) is 5.75 Å². The van der Waals surface area contributed by atoms with Crippen LogP contribution in [0, 0.1) is 12.3 Å². The Hall–Kier alpha value is -1.32. The standard InChI is InChI=1S/C17H21NO.C7H8.2ClH.Ti/c1-17(2,3)16(13-9-5-6-10-13)18-14-11-7-8-12-15(14)19-4;1-7-5-3-2-4-6-7;;;/h5-12,16H,1-4H3;2-6H,1H3;2*1H;/q-2;;;;+4/p-2/t16-;;;;/m0..../s1. The first-order valence-electron chi connectivity index (χ1n) is 8.99. The summed E-state index contributed by atoms with van der Waals surface area (Å²) in [5.74, 6) is 0.823. The molecule has 0 radical (unpaired) electrons. The average molecular weight is 466 g/mol. The van der Waals surface area contributed by atoms with E-state index in [1.165, 1.54) is 11.1 Å². The van der Waals surface area contributed by atoms with Gasteiger partial charge in [-0.05, 0) is 13.0 Å². The second kappa shape index (κ2) is 14.6. The molecule has 2 nitrogen and oxygen atoms in total. The molecule has 5 heteroatoms. The van der Waals surface area contributed by atoms with E-state index in [2.05, 4.69) is 64.1 Å². The van der Waals surface area contributed by atoms with Crippen LogP contribution in [0.3, 0.4) is 0 Å². The van der Waals surface area contributed by atoms with Crippen LogP contribution in [0.4, 0.5) is 5.69 Å². The van der Waals surface area contributed by atoms with Crippen LogP contribution in [0.25, 0.3) is 5.32 Å². The zero-order valence-electron chi connectivity index (χ0n) is 17.7. The van der Waals surface area contributed by atoms with Crippen LogP contribution in [0.2, 0.25) is 0 Å². The van der Waals surface area contributed by atoms with E-state index in [1.54, 1.807) is 7.11 Å². The normalized spacial score (nSPS) is 10.7. The van der Waals surface area contributed by atoms with Crippen LogP contribution in [0.15, 0.2) is 78.9 Å². The van der Waals surface area contributed by atoms with Crippen molar-refractivity contribution in [1.82, 2.24) is 0 Å². The first kappa shape index (κ1) is 29.9. The van der Waals surface area contributed by atoms with Crippen molar-refractivity contribution < 1.29 is 51.3 Å². The number of nitrogens with zero attached hydrogens (tertiary/aromatic N) is 1. The zero-order valence-corrected chi connectivity index (χ0v) is 20.8. The van der Waals surface area contributed by atoms with Crippen molar-refractivity contribution in [2.75, 3.05) is 7.11 Å². The van der Waals surface area contributed by atoms with E-state index >= 15 is 0 Å². The van der Waals surface area contributed by atoms with Gasteiger partial charge in [-0.2, -0.15) is 17.7 Å². The summed E-state index contributed by atoms with van der Waals surface area (Å²) in [7, 11) is 1.68. The Morgan fingerprint density at radius 2 is 1.34 bits per heavy atom. The van der Waals surface area contributed by atoms with E-state index in [-0.39, 0.29) is 58.0 Å². The summed E-state index contributed by atoms with van der Waals surface area (Å²) in [5, 5.41) is 4.92. The predicted molar refractivity (Wildman–Crippen MR) is 111 cm³/mol. The molecule has 0 unspecified atom stereocenters. The Bertz CT molecular complexity index is 771. The molecule has 0 aromatic heterocycles. The van der Waals surface area contributed by atoms with Gasteiger partial charge in [-0.15, -0.1) is 6.04 Å². The maximum atomic E-state index is 5.38. The zero-order chi connectivity index (χ0) is 19.0. The molecule has 154 valence electrons. The summed E-state index contributed by atoms with van der Waals surface area (Å²) >= 11 is 0. The Labute approximate surface area is 203 Å². The number of methoxy groups -OCH3 is 1. The van der Waals surface area contributed by atoms with Gasteiger partial charge >= 0.3 is 21.7 Å². The molecule has 0 saturated heterocycles. The van der Waals surface area contributed by atoms with Crippen LogP contribution in [0.1, 0.15) is 37.9 Å². The largest absolute Gasteiger partial charge is 4.00 e. The van der Waals surface area contributed by atoms with E-state index in [0.29, 0.717) is 0 Å². The molecule has 29 heavy (non-hydrogen) atoms. The molecule has 3 rings (SSSR count). The third-order valence-corrected chi connectivity index (χ3v) is 4.12. The van der Waals surface area contributed by atoms with Gasteiger partial charge in [0.1, 0.15) is 5.75 Å². The molecule has 0 fully saturated rings. The molecule has 0 aliphatic rings. The fourth-order valence-corrected chi connectivity index (χ4v) is 2.75. The number of halogens is 2. The van der Waals surface area contributed by atoms with E-state index < -0.39 is 0 Å². The number of rotatable bonds is 4. The number of hydrogen-bond donors (Lipinski definition) is 0. The molecule has 0 spiro atoms. The first-order chi connectivity index (χ1) is 12.4. The SMILES string of the molecule is COc1ccccc1[N-][C@@H]([c-]1cccc1)C(C)(C)C.Cc1ccccc1.[Cl-].[Cl-].[Ti+4]. The molecule has 0 saturated carbocycles. The molecule has 0 aliphatic heterocycles. The summed E-state index contributed by atoms with van der Waals surface area (Å²) in [4.78, 5) is 0. The van der Waals surface area contributed by atoms with Gasteiger partial charge in [-0.3, -0.25) is 0 Å². The Morgan fingerprint density at radius 1 is 0.828 bits per heavy atom. The molecule has 0 heterocycles. The van der Waals surface area contributed by atoms with Crippen molar-refractivity contribution in [2.45, 2.75) is 33.7 Å². The smallest absolute Gasteiger partial charge is 1.00 e. The van der Waals surface area contributed by atoms with Gasteiger partial charge in [-0.25, -0.2) is 12.1 Å². The second-order valence-electron chi connectivity index (χ2n) is 7.44. The van der Waals surface area contributed by atoms with Crippen LogP contribution >= 0.6 is 0 Å². The summed E-state index contributed by atoms with van der Waals surface area (Å²) in [6.07, 6.45) is 0. The van der Waals surface area contributed by atoms with Gasteiger partial charge in [-0.1, -0.05) is 86.0 Å². The van der Waals surface area contributed by atoms with E-state index in [9.17, 15) is 0 Å². The fraction of sp³-hybridized carbons (Fsp3) is 0.292. The minimum absolute atomic E-state index is 0. The van der Waals surface area contributed by atoms with Crippen molar-refractivity contribution >= 4 is 5.69 Å². The predicted octanol–water partition coefficient (Wildman–Crippen LogP) is 1.21. The van der Waals surface area contributed by atoms with E-state index in [1.807, 2.05) is 42.5 Å². The number of para-hydroxylation sites is 2. The third kappa shape index (κ3) is 9.82. The van der Waals surface area contributed by atoms with Gasteiger partial charge in [0.15, 0.2) is 0 Å². The molecular formula is C24H29Cl2NOTi. The first-order valence-corrected chi connectivity index (χ1v) is 8.99. The number of hydrogen-bond acceptors (Lipinski definition) is 1. The monoisotopic (exact) mass is 465 g/mol. The fourth-order valence-electron chi connectivity index (χ4n) is 2.75. The molecule has 0 N–H and O–H groups in total. The minimum Gasteiger partial charge on any atom is -1.00 e. The van der Waals surface area contributed by atoms with Gasteiger partial charge in [0.2, 0.25) is 0 Å². The molecule has 3 aromatic carbocycles. The van der Waals surface area contributed by atoms with Gasteiger partial charge < -0.3 is 34.9 Å². The Balaban J connectivity index is 0. The molecule has 3 aromatic rings. The average Bonchev–Trinajstić information content (AvgIpc) is 3.14. The van der Waals surface area contributed by atoms with Gasteiger partial charge in [0.05, 0.1) is 7.11 Å². The van der Waals surface area contributed by atoms with E-state index in [4.69, 9.17) is 10.1 Å². The number of aryl methyl sites for hydroxylation is 1. The van der Waals surface area contributed by atoms with Crippen LogP contribution in [0.5, 0.6) is 5.75 Å². The summed E-state index contributed by atoms with van der Waals surface area (Å²) < 4.78 is 5.38. The van der Waals surface area contributed by atoms with Crippen molar-refractivity contribution in [1.29, 1.82) is 0 Å². The minimum atomic E-state index is 0. The second-order valence-corrected chi connectivity index (χ2v) is 7.44. The summed E-state index contributed by atoms with van der Waals surface area (Å²) in [6, 6.07) is 26.7. The maximum Gasteiger partial charge on any atom is 4.00 e. The number of benzene rings is 2. The Kier molecular flexibility index (Phi) is 15.1. The topological polar surface area (TPSA) is 23.3 Å². The Morgan fingerprint density at radius 3 is 1.79 bits per heavy atom. The van der Waals surface area contributed by atoms with E-state index in [0.717, 1.165) is 11.4 Å². The third-order valence-electron chi connectivity index (χ3n) is 4.12. The van der Waals surface area contributed by atoms with Crippen molar-refractivity contribution in [3.63, 3.8) is 0 Å². The summed E-state index contributed by atoms with van der Waals surface area (Å²) in [5.41, 5.74) is 3.54. The summed E-state index contributed by atoms with van der Waals surface area (Å²) in [6.45, 7) is 8.72. The molecule has 0 aliphatic carbocycles. The molecule has 0 amide bonds. The van der Waals surface area contributed by atoms with Gasteiger partial charge in [0, 0.05) is 0 Å². The van der Waals surface area contributed by atoms with Crippen molar-refractivity contribution in [3.05, 3.63) is 95.3 Å². The molecule has 1 atom stereocenters. The van der Waals surface area contributed by atoms with Crippen molar-refractivity contribution in [2.24, 2.45) is 5.41 Å².